The fourth-order valence-corrected chi connectivity index (χ4v) is 3.11. The zero-order valence-corrected chi connectivity index (χ0v) is 18.5. The molecule has 0 heterocycles. The first-order valence-corrected chi connectivity index (χ1v) is 10.4. The molecule has 0 aromatic heterocycles. The maximum Gasteiger partial charge on any atom is 0.519 e. The van der Waals surface area contributed by atoms with Gasteiger partial charge in [-0.3, -0.25) is 0 Å². The number of rotatable bonds is 4. The SMILES string of the molecule is CC(C)(c1ccc(O)cc1)c1ccc(O)cc1.O=C(Oc1ccccc1)Oc1ccccc1. The van der Waals surface area contributed by atoms with Gasteiger partial charge in [-0.05, 0) is 59.7 Å². The summed E-state index contributed by atoms with van der Waals surface area (Å²) in [5.74, 6) is 1.47. The standard InChI is InChI=1S/C15H16O2.C13H10O3/c1-15(2,11-3-7-13(16)8-4-11)12-5-9-14(17)10-6-12;14-13(15-11-7-3-1-4-8-11)16-12-9-5-2-6-10-12/h3-10,16-17H,1-2H3;1-10H. The van der Waals surface area contributed by atoms with Crippen molar-refractivity contribution in [1.82, 2.24) is 0 Å². The summed E-state index contributed by atoms with van der Waals surface area (Å²) in [4.78, 5) is 11.3. The van der Waals surface area contributed by atoms with Crippen molar-refractivity contribution in [2.24, 2.45) is 0 Å². The van der Waals surface area contributed by atoms with Gasteiger partial charge in [-0.2, -0.15) is 0 Å². The van der Waals surface area contributed by atoms with Crippen molar-refractivity contribution in [1.29, 1.82) is 0 Å². The number of para-hydroxylation sites is 2. The van der Waals surface area contributed by atoms with E-state index in [0.717, 1.165) is 11.1 Å². The Hall–Kier alpha value is -4.25. The molecule has 4 aromatic rings. The Kier molecular flexibility index (Phi) is 7.71. The van der Waals surface area contributed by atoms with Gasteiger partial charge in [-0.15, -0.1) is 0 Å². The molecule has 0 unspecified atom stereocenters. The Labute approximate surface area is 193 Å². The van der Waals surface area contributed by atoms with Gasteiger partial charge in [0.2, 0.25) is 0 Å². The summed E-state index contributed by atoms with van der Waals surface area (Å²) < 4.78 is 9.91. The summed E-state index contributed by atoms with van der Waals surface area (Å²) in [6.45, 7) is 4.23. The Balaban J connectivity index is 0.000000186. The third-order valence-corrected chi connectivity index (χ3v) is 5.07. The second kappa shape index (κ2) is 10.9. The monoisotopic (exact) mass is 442 g/mol. The zero-order chi connectivity index (χ0) is 23.7. The number of phenolic OH excluding ortho intramolecular Hbond substituents is 2. The van der Waals surface area contributed by atoms with Gasteiger partial charge in [-0.25, -0.2) is 4.79 Å². The summed E-state index contributed by atoms with van der Waals surface area (Å²) in [5, 5.41) is 18.6. The number of hydrogen-bond acceptors (Lipinski definition) is 5. The molecule has 0 fully saturated rings. The van der Waals surface area contributed by atoms with Gasteiger partial charge in [0.25, 0.3) is 0 Å². The average molecular weight is 443 g/mol. The average Bonchev–Trinajstić information content (AvgIpc) is 2.81. The van der Waals surface area contributed by atoms with Crippen LogP contribution in [0.15, 0.2) is 109 Å². The van der Waals surface area contributed by atoms with E-state index in [2.05, 4.69) is 13.8 Å². The number of hydrogen-bond donors (Lipinski definition) is 2. The Morgan fingerprint density at radius 1 is 0.576 bits per heavy atom. The van der Waals surface area contributed by atoms with Crippen LogP contribution in [0.2, 0.25) is 0 Å². The first kappa shape index (κ1) is 23.4. The minimum absolute atomic E-state index is 0.151. The second-order valence-corrected chi connectivity index (χ2v) is 7.80. The molecule has 0 aliphatic carbocycles. The Bertz CT molecular complexity index is 1050. The molecule has 0 bridgehead atoms. The van der Waals surface area contributed by atoms with Gasteiger partial charge in [0.1, 0.15) is 23.0 Å². The van der Waals surface area contributed by atoms with Crippen molar-refractivity contribution >= 4 is 6.16 Å². The molecule has 4 rings (SSSR count). The van der Waals surface area contributed by atoms with Crippen LogP contribution in [0.5, 0.6) is 23.0 Å². The first-order chi connectivity index (χ1) is 15.8. The van der Waals surface area contributed by atoms with E-state index in [9.17, 15) is 15.0 Å². The molecule has 0 saturated carbocycles. The second-order valence-electron chi connectivity index (χ2n) is 7.80. The summed E-state index contributed by atoms with van der Waals surface area (Å²) in [6, 6.07) is 32.0. The maximum atomic E-state index is 11.3. The van der Waals surface area contributed by atoms with Crippen LogP contribution in [0.25, 0.3) is 0 Å². The van der Waals surface area contributed by atoms with Crippen molar-refractivity contribution in [3.8, 4) is 23.0 Å². The van der Waals surface area contributed by atoms with Crippen LogP contribution in [0.1, 0.15) is 25.0 Å². The molecule has 0 atom stereocenters. The summed E-state index contributed by atoms with van der Waals surface area (Å²) in [7, 11) is 0. The lowest BCUT2D eigenvalue weighted by atomic mass is 9.78. The lowest BCUT2D eigenvalue weighted by Crippen LogP contribution is -2.18. The highest BCUT2D eigenvalue weighted by Gasteiger charge is 2.22. The third-order valence-electron chi connectivity index (χ3n) is 5.07. The van der Waals surface area contributed by atoms with Crippen LogP contribution in [-0.2, 0) is 5.41 Å². The zero-order valence-electron chi connectivity index (χ0n) is 18.5. The number of phenols is 2. The predicted molar refractivity (Wildman–Crippen MR) is 128 cm³/mol. The van der Waals surface area contributed by atoms with Crippen LogP contribution in [-0.4, -0.2) is 16.4 Å². The summed E-state index contributed by atoms with van der Waals surface area (Å²) in [5.41, 5.74) is 2.10. The van der Waals surface area contributed by atoms with Crippen LogP contribution in [0.4, 0.5) is 4.79 Å². The maximum absolute atomic E-state index is 11.3. The molecule has 33 heavy (non-hydrogen) atoms. The molecular formula is C28H26O5. The lowest BCUT2D eigenvalue weighted by molar-refractivity contribution is 0.152. The first-order valence-electron chi connectivity index (χ1n) is 10.4. The van der Waals surface area contributed by atoms with E-state index in [1.54, 1.807) is 72.8 Å². The molecule has 0 aliphatic heterocycles. The van der Waals surface area contributed by atoms with Crippen molar-refractivity contribution < 1.29 is 24.5 Å². The number of ether oxygens (including phenoxy) is 2. The Morgan fingerprint density at radius 3 is 1.24 bits per heavy atom. The molecule has 168 valence electrons. The topological polar surface area (TPSA) is 76.0 Å². The van der Waals surface area contributed by atoms with Gasteiger partial charge in [-0.1, -0.05) is 74.5 Å². The van der Waals surface area contributed by atoms with E-state index in [1.165, 1.54) is 0 Å². The highest BCUT2D eigenvalue weighted by Crippen LogP contribution is 2.32. The molecule has 0 spiro atoms. The molecule has 0 aliphatic rings. The molecule has 0 amide bonds. The van der Waals surface area contributed by atoms with E-state index in [-0.39, 0.29) is 16.9 Å². The van der Waals surface area contributed by atoms with Crippen molar-refractivity contribution in [2.75, 3.05) is 0 Å². The molecule has 5 heteroatoms. The third kappa shape index (κ3) is 6.87. The van der Waals surface area contributed by atoms with E-state index >= 15 is 0 Å². The summed E-state index contributed by atoms with van der Waals surface area (Å²) >= 11 is 0. The fourth-order valence-electron chi connectivity index (χ4n) is 3.11. The fraction of sp³-hybridized carbons (Fsp3) is 0.107. The number of benzene rings is 4. The van der Waals surface area contributed by atoms with Crippen LogP contribution in [0, 0.1) is 0 Å². The van der Waals surface area contributed by atoms with Gasteiger partial charge >= 0.3 is 6.16 Å². The van der Waals surface area contributed by atoms with Crippen LogP contribution >= 0.6 is 0 Å². The van der Waals surface area contributed by atoms with Crippen LogP contribution in [0.3, 0.4) is 0 Å². The van der Waals surface area contributed by atoms with Gasteiger partial charge in [0.15, 0.2) is 0 Å². The summed E-state index contributed by atoms with van der Waals surface area (Å²) in [6.07, 6.45) is -0.739. The molecule has 0 radical (unpaired) electrons. The van der Waals surface area contributed by atoms with E-state index < -0.39 is 6.16 Å². The molecular weight excluding hydrogens is 416 g/mol. The van der Waals surface area contributed by atoms with E-state index in [4.69, 9.17) is 9.47 Å². The molecule has 2 N–H and O–H groups in total. The van der Waals surface area contributed by atoms with Crippen molar-refractivity contribution in [3.63, 3.8) is 0 Å². The Morgan fingerprint density at radius 2 is 0.909 bits per heavy atom. The van der Waals surface area contributed by atoms with E-state index in [0.29, 0.717) is 11.5 Å². The minimum Gasteiger partial charge on any atom is -0.508 e. The molecule has 5 nitrogen and oxygen atoms in total. The predicted octanol–water partition coefficient (Wildman–Crippen LogP) is 6.69. The molecule has 0 saturated heterocycles. The van der Waals surface area contributed by atoms with Gasteiger partial charge < -0.3 is 19.7 Å². The lowest BCUT2D eigenvalue weighted by Gasteiger charge is -2.26. The van der Waals surface area contributed by atoms with Crippen molar-refractivity contribution in [3.05, 3.63) is 120 Å². The normalized spacial score (nSPS) is 10.5. The largest absolute Gasteiger partial charge is 0.519 e. The van der Waals surface area contributed by atoms with E-state index in [1.807, 2.05) is 36.4 Å². The number of carbonyl (C=O) groups excluding carboxylic acids is 1. The number of aromatic hydroxyl groups is 2. The highest BCUT2D eigenvalue weighted by atomic mass is 16.7. The van der Waals surface area contributed by atoms with Crippen molar-refractivity contribution in [2.45, 2.75) is 19.3 Å². The van der Waals surface area contributed by atoms with Crippen LogP contribution < -0.4 is 9.47 Å². The van der Waals surface area contributed by atoms with Gasteiger partial charge in [0.05, 0.1) is 0 Å². The minimum atomic E-state index is -0.739. The number of carbonyl (C=O) groups is 1. The quantitative estimate of drug-likeness (QED) is 0.272. The smallest absolute Gasteiger partial charge is 0.508 e. The van der Waals surface area contributed by atoms with Gasteiger partial charge in [0, 0.05) is 5.41 Å². The highest BCUT2D eigenvalue weighted by molar-refractivity contribution is 5.66. The molecule has 4 aromatic carbocycles.